The molecule has 2 aromatic rings. The van der Waals surface area contributed by atoms with E-state index in [1.165, 1.54) is 5.56 Å². The van der Waals surface area contributed by atoms with Gasteiger partial charge in [-0.2, -0.15) is 0 Å². The van der Waals surface area contributed by atoms with Crippen LogP contribution in [0.15, 0.2) is 46.9 Å². The molecule has 2 aromatic carbocycles. The second-order valence-electron chi connectivity index (χ2n) is 5.86. The average molecular weight is 359 g/mol. The summed E-state index contributed by atoms with van der Waals surface area (Å²) in [7, 11) is 0. The third-order valence-electron chi connectivity index (χ3n) is 3.75. The second-order valence-corrected chi connectivity index (χ2v) is 6.78. The zero-order chi connectivity index (χ0) is 15.7. The first kappa shape index (κ1) is 15.1. The molecule has 0 aromatic heterocycles. The summed E-state index contributed by atoms with van der Waals surface area (Å²) < 4.78 is 1.06. The molecule has 1 aliphatic heterocycles. The van der Waals surface area contributed by atoms with Crippen LogP contribution in [-0.2, 0) is 6.42 Å². The fourth-order valence-electron chi connectivity index (χ4n) is 2.81. The first-order valence-corrected chi connectivity index (χ1v) is 8.31. The van der Waals surface area contributed by atoms with Gasteiger partial charge in [-0.3, -0.25) is 4.79 Å². The summed E-state index contributed by atoms with van der Waals surface area (Å²) in [5.41, 5.74) is 3.95. The Labute approximate surface area is 139 Å². The maximum absolute atomic E-state index is 12.8. The molecule has 0 spiro atoms. The minimum absolute atomic E-state index is 0.0634. The molecule has 0 unspecified atom stereocenters. The Balaban J connectivity index is 1.87. The number of carbonyl (C=O) groups is 1. The van der Waals surface area contributed by atoms with Crippen molar-refractivity contribution >= 4 is 33.2 Å². The van der Waals surface area contributed by atoms with Crippen LogP contribution in [0.3, 0.4) is 0 Å². The molecule has 4 heteroatoms. The number of nitrogens with one attached hydrogen (secondary N) is 1. The number of rotatable bonds is 3. The van der Waals surface area contributed by atoms with Crippen molar-refractivity contribution in [3.8, 4) is 0 Å². The van der Waals surface area contributed by atoms with Gasteiger partial charge in [-0.25, -0.2) is 0 Å². The summed E-state index contributed by atoms with van der Waals surface area (Å²) in [5.74, 6) is 0.0634. The number of benzene rings is 2. The zero-order valence-electron chi connectivity index (χ0n) is 12.8. The molecule has 0 saturated heterocycles. The van der Waals surface area contributed by atoms with Crippen LogP contribution < -0.4 is 10.2 Å². The number of fused-ring (bicyclic) bond motifs is 1. The molecule has 1 amide bonds. The Kier molecular flexibility index (Phi) is 4.21. The summed E-state index contributed by atoms with van der Waals surface area (Å²) in [6.45, 7) is 4.92. The van der Waals surface area contributed by atoms with E-state index in [0.29, 0.717) is 6.04 Å². The third-order valence-corrected chi connectivity index (χ3v) is 4.24. The van der Waals surface area contributed by atoms with Crippen LogP contribution in [0.25, 0.3) is 0 Å². The Bertz CT molecular complexity index is 712. The van der Waals surface area contributed by atoms with Crippen LogP contribution in [0.4, 0.5) is 11.4 Å². The minimum atomic E-state index is 0.0634. The van der Waals surface area contributed by atoms with Gasteiger partial charge in [0.15, 0.2) is 0 Å². The van der Waals surface area contributed by atoms with E-state index in [9.17, 15) is 4.79 Å². The van der Waals surface area contributed by atoms with Crippen LogP contribution in [-0.4, -0.2) is 18.5 Å². The summed E-state index contributed by atoms with van der Waals surface area (Å²) in [5, 5.41) is 3.34. The third kappa shape index (κ3) is 3.02. The van der Waals surface area contributed by atoms with Crippen LogP contribution in [0, 0.1) is 0 Å². The molecular formula is C18H19BrN2O. The largest absolute Gasteiger partial charge is 0.383 e. The average Bonchev–Trinajstić information content (AvgIpc) is 2.89. The highest BCUT2D eigenvalue weighted by atomic mass is 79.9. The number of anilines is 2. The van der Waals surface area contributed by atoms with E-state index < -0.39 is 0 Å². The Morgan fingerprint density at radius 1 is 1.23 bits per heavy atom. The normalized spacial score (nSPS) is 13.4. The van der Waals surface area contributed by atoms with E-state index in [4.69, 9.17) is 0 Å². The fraction of sp³-hybridized carbons (Fsp3) is 0.278. The second kappa shape index (κ2) is 6.13. The predicted octanol–water partition coefficient (Wildman–Crippen LogP) is 4.47. The minimum Gasteiger partial charge on any atom is -0.383 e. The smallest absolute Gasteiger partial charge is 0.258 e. The Morgan fingerprint density at radius 2 is 2.05 bits per heavy atom. The van der Waals surface area contributed by atoms with Gasteiger partial charge in [0, 0.05) is 34.0 Å². The summed E-state index contributed by atoms with van der Waals surface area (Å²) in [6.07, 6.45) is 0.907. The van der Waals surface area contributed by atoms with Gasteiger partial charge in [0.1, 0.15) is 0 Å². The van der Waals surface area contributed by atoms with Crippen molar-refractivity contribution in [2.75, 3.05) is 16.8 Å². The zero-order valence-corrected chi connectivity index (χ0v) is 14.4. The van der Waals surface area contributed by atoms with Gasteiger partial charge < -0.3 is 10.2 Å². The predicted molar refractivity (Wildman–Crippen MR) is 94.7 cm³/mol. The van der Waals surface area contributed by atoms with Gasteiger partial charge in [0.05, 0.1) is 0 Å². The number of hydrogen-bond donors (Lipinski definition) is 1. The number of nitrogens with zero attached hydrogens (tertiary/aromatic N) is 1. The molecule has 0 atom stereocenters. The molecule has 3 nitrogen and oxygen atoms in total. The van der Waals surface area contributed by atoms with Gasteiger partial charge in [-0.1, -0.05) is 22.0 Å². The lowest BCUT2D eigenvalue weighted by Crippen LogP contribution is -2.28. The van der Waals surface area contributed by atoms with Crippen molar-refractivity contribution in [2.45, 2.75) is 26.3 Å². The summed E-state index contributed by atoms with van der Waals surface area (Å²) in [4.78, 5) is 14.7. The maximum atomic E-state index is 12.8. The molecule has 22 heavy (non-hydrogen) atoms. The van der Waals surface area contributed by atoms with E-state index in [1.54, 1.807) is 0 Å². The standard InChI is InChI=1S/C18H19BrN2O/c1-12(2)20-16-5-3-4-14(11-16)18(22)21-9-8-13-10-15(19)6-7-17(13)21/h3-7,10-12,20H,8-9H2,1-2H3. The van der Waals surface area contributed by atoms with Crippen molar-refractivity contribution in [2.24, 2.45) is 0 Å². The molecule has 0 fully saturated rings. The number of amides is 1. The topological polar surface area (TPSA) is 32.3 Å². The van der Waals surface area contributed by atoms with Crippen LogP contribution in [0.5, 0.6) is 0 Å². The highest BCUT2D eigenvalue weighted by Crippen LogP contribution is 2.31. The molecule has 0 radical (unpaired) electrons. The molecule has 0 aliphatic carbocycles. The molecular weight excluding hydrogens is 340 g/mol. The number of carbonyl (C=O) groups excluding carboxylic acids is 1. The van der Waals surface area contributed by atoms with E-state index >= 15 is 0 Å². The van der Waals surface area contributed by atoms with Crippen molar-refractivity contribution in [1.29, 1.82) is 0 Å². The van der Waals surface area contributed by atoms with Crippen LogP contribution in [0.2, 0.25) is 0 Å². The van der Waals surface area contributed by atoms with Crippen molar-refractivity contribution < 1.29 is 4.79 Å². The van der Waals surface area contributed by atoms with Gasteiger partial charge in [-0.05, 0) is 62.2 Å². The summed E-state index contributed by atoms with van der Waals surface area (Å²) >= 11 is 3.49. The fourth-order valence-corrected chi connectivity index (χ4v) is 3.22. The summed E-state index contributed by atoms with van der Waals surface area (Å²) in [6, 6.07) is 14.2. The maximum Gasteiger partial charge on any atom is 0.258 e. The monoisotopic (exact) mass is 358 g/mol. The molecule has 1 N–H and O–H groups in total. The van der Waals surface area contributed by atoms with Crippen molar-refractivity contribution in [3.63, 3.8) is 0 Å². The van der Waals surface area contributed by atoms with Crippen molar-refractivity contribution in [3.05, 3.63) is 58.1 Å². The molecule has 114 valence electrons. The highest BCUT2D eigenvalue weighted by Gasteiger charge is 2.25. The van der Waals surface area contributed by atoms with E-state index in [2.05, 4.69) is 41.2 Å². The van der Waals surface area contributed by atoms with Gasteiger partial charge in [-0.15, -0.1) is 0 Å². The highest BCUT2D eigenvalue weighted by molar-refractivity contribution is 9.10. The Hall–Kier alpha value is -1.81. The molecule has 0 saturated carbocycles. The molecule has 1 heterocycles. The Morgan fingerprint density at radius 3 is 2.82 bits per heavy atom. The van der Waals surface area contributed by atoms with Crippen LogP contribution >= 0.6 is 15.9 Å². The number of hydrogen-bond acceptors (Lipinski definition) is 2. The van der Waals surface area contributed by atoms with E-state index in [-0.39, 0.29) is 5.91 Å². The van der Waals surface area contributed by atoms with E-state index in [1.807, 2.05) is 41.3 Å². The van der Waals surface area contributed by atoms with E-state index in [0.717, 1.165) is 34.4 Å². The SMILES string of the molecule is CC(C)Nc1cccc(C(=O)N2CCc3cc(Br)ccc32)c1. The first-order chi connectivity index (χ1) is 10.5. The number of halogens is 1. The molecule has 3 rings (SSSR count). The molecule has 1 aliphatic rings. The lowest BCUT2D eigenvalue weighted by atomic mass is 10.1. The lowest BCUT2D eigenvalue weighted by Gasteiger charge is -2.18. The van der Waals surface area contributed by atoms with Crippen molar-refractivity contribution in [1.82, 2.24) is 0 Å². The quantitative estimate of drug-likeness (QED) is 0.877. The van der Waals surface area contributed by atoms with Gasteiger partial charge in [0.2, 0.25) is 0 Å². The van der Waals surface area contributed by atoms with Gasteiger partial charge in [0.25, 0.3) is 5.91 Å². The van der Waals surface area contributed by atoms with Gasteiger partial charge >= 0.3 is 0 Å². The molecule has 0 bridgehead atoms. The van der Waals surface area contributed by atoms with Crippen LogP contribution in [0.1, 0.15) is 29.8 Å². The lowest BCUT2D eigenvalue weighted by molar-refractivity contribution is 0.0989. The first-order valence-electron chi connectivity index (χ1n) is 7.51.